The SMILES string of the molecule is O=C1CCC(O)=C1c1ccc(F)cc1. The van der Waals surface area contributed by atoms with Gasteiger partial charge in [-0.25, -0.2) is 4.39 Å². The lowest BCUT2D eigenvalue weighted by molar-refractivity contribution is -0.113. The van der Waals surface area contributed by atoms with Crippen LogP contribution < -0.4 is 0 Å². The molecule has 0 fully saturated rings. The van der Waals surface area contributed by atoms with Gasteiger partial charge in [0.25, 0.3) is 0 Å². The molecule has 0 heterocycles. The molecule has 0 saturated heterocycles. The van der Waals surface area contributed by atoms with Gasteiger partial charge in [0, 0.05) is 12.8 Å². The largest absolute Gasteiger partial charge is 0.512 e. The van der Waals surface area contributed by atoms with Crippen LogP contribution in [0.4, 0.5) is 4.39 Å². The fourth-order valence-corrected chi connectivity index (χ4v) is 1.59. The predicted molar refractivity (Wildman–Crippen MR) is 50.2 cm³/mol. The van der Waals surface area contributed by atoms with Crippen molar-refractivity contribution in [2.75, 3.05) is 0 Å². The van der Waals surface area contributed by atoms with Crippen LogP contribution in [0.3, 0.4) is 0 Å². The van der Waals surface area contributed by atoms with Crippen LogP contribution in [0.15, 0.2) is 30.0 Å². The Kier molecular flexibility index (Phi) is 2.08. The van der Waals surface area contributed by atoms with Crippen LogP contribution in [0.1, 0.15) is 18.4 Å². The van der Waals surface area contributed by atoms with E-state index in [4.69, 9.17) is 0 Å². The van der Waals surface area contributed by atoms with E-state index in [-0.39, 0.29) is 17.4 Å². The Morgan fingerprint density at radius 2 is 1.79 bits per heavy atom. The smallest absolute Gasteiger partial charge is 0.167 e. The fraction of sp³-hybridized carbons (Fsp3) is 0.182. The average Bonchev–Trinajstić information content (AvgIpc) is 2.49. The first-order valence-electron chi connectivity index (χ1n) is 4.40. The van der Waals surface area contributed by atoms with E-state index in [1.165, 1.54) is 24.3 Å². The van der Waals surface area contributed by atoms with Gasteiger partial charge in [-0.05, 0) is 17.7 Å². The van der Waals surface area contributed by atoms with Gasteiger partial charge in [0.2, 0.25) is 0 Å². The van der Waals surface area contributed by atoms with Gasteiger partial charge in [-0.3, -0.25) is 4.79 Å². The molecule has 0 bridgehead atoms. The minimum absolute atomic E-state index is 0.0749. The van der Waals surface area contributed by atoms with Crippen molar-refractivity contribution >= 4 is 11.4 Å². The summed E-state index contributed by atoms with van der Waals surface area (Å²) in [5.41, 5.74) is 0.927. The summed E-state index contributed by atoms with van der Waals surface area (Å²) in [6.07, 6.45) is 0.740. The molecule has 3 heteroatoms. The van der Waals surface area contributed by atoms with Crippen molar-refractivity contribution < 1.29 is 14.3 Å². The second-order valence-corrected chi connectivity index (χ2v) is 3.25. The van der Waals surface area contributed by atoms with Crippen LogP contribution >= 0.6 is 0 Å². The summed E-state index contributed by atoms with van der Waals surface area (Å²) in [4.78, 5) is 11.4. The second-order valence-electron chi connectivity index (χ2n) is 3.25. The number of hydrogen-bond donors (Lipinski definition) is 1. The van der Waals surface area contributed by atoms with Gasteiger partial charge in [0.15, 0.2) is 5.78 Å². The number of aliphatic hydroxyl groups is 1. The van der Waals surface area contributed by atoms with Crippen LogP contribution in [0, 0.1) is 5.82 Å². The number of carbonyl (C=O) groups is 1. The molecule has 14 heavy (non-hydrogen) atoms. The summed E-state index contributed by atoms with van der Waals surface area (Å²) >= 11 is 0. The van der Waals surface area contributed by atoms with Crippen LogP contribution in [-0.4, -0.2) is 10.9 Å². The zero-order valence-corrected chi connectivity index (χ0v) is 7.46. The van der Waals surface area contributed by atoms with Crippen molar-refractivity contribution in [2.45, 2.75) is 12.8 Å². The van der Waals surface area contributed by atoms with Crippen LogP contribution in [0.25, 0.3) is 5.57 Å². The maximum atomic E-state index is 12.6. The van der Waals surface area contributed by atoms with Crippen molar-refractivity contribution in [3.05, 3.63) is 41.4 Å². The van der Waals surface area contributed by atoms with Gasteiger partial charge in [-0.2, -0.15) is 0 Å². The number of rotatable bonds is 1. The van der Waals surface area contributed by atoms with Gasteiger partial charge in [-0.15, -0.1) is 0 Å². The Hall–Kier alpha value is -1.64. The molecule has 1 aliphatic rings. The molecule has 72 valence electrons. The number of halogens is 1. The third-order valence-corrected chi connectivity index (χ3v) is 2.29. The number of carbonyl (C=O) groups excluding carboxylic acids is 1. The molecular formula is C11H9FO2. The minimum Gasteiger partial charge on any atom is -0.512 e. The normalized spacial score (nSPS) is 16.5. The summed E-state index contributed by atoms with van der Waals surface area (Å²) in [6.45, 7) is 0. The molecule has 0 radical (unpaired) electrons. The minimum atomic E-state index is -0.348. The summed E-state index contributed by atoms with van der Waals surface area (Å²) in [5, 5.41) is 9.45. The number of hydrogen-bond acceptors (Lipinski definition) is 2. The van der Waals surface area contributed by atoms with E-state index in [1.807, 2.05) is 0 Å². The van der Waals surface area contributed by atoms with Gasteiger partial charge < -0.3 is 5.11 Å². The van der Waals surface area contributed by atoms with Crippen molar-refractivity contribution in [3.8, 4) is 0 Å². The highest BCUT2D eigenvalue weighted by atomic mass is 19.1. The van der Waals surface area contributed by atoms with Gasteiger partial charge >= 0.3 is 0 Å². The first kappa shape index (κ1) is 8.94. The van der Waals surface area contributed by atoms with Crippen LogP contribution in [0.2, 0.25) is 0 Å². The molecule has 2 rings (SSSR count). The molecule has 0 spiro atoms. The van der Waals surface area contributed by atoms with Crippen molar-refractivity contribution in [2.24, 2.45) is 0 Å². The lowest BCUT2D eigenvalue weighted by atomic mass is 10.0. The van der Waals surface area contributed by atoms with Crippen LogP contribution in [-0.2, 0) is 4.79 Å². The third-order valence-electron chi connectivity index (χ3n) is 2.29. The first-order valence-corrected chi connectivity index (χ1v) is 4.40. The maximum Gasteiger partial charge on any atom is 0.167 e. The zero-order valence-electron chi connectivity index (χ0n) is 7.46. The second kappa shape index (κ2) is 3.25. The lowest BCUT2D eigenvalue weighted by Crippen LogP contribution is -1.95. The fourth-order valence-electron chi connectivity index (χ4n) is 1.59. The highest BCUT2D eigenvalue weighted by molar-refractivity contribution is 6.23. The molecule has 1 aliphatic carbocycles. The van der Waals surface area contributed by atoms with Crippen molar-refractivity contribution in [1.82, 2.24) is 0 Å². The lowest BCUT2D eigenvalue weighted by Gasteiger charge is -2.01. The van der Waals surface area contributed by atoms with E-state index in [1.54, 1.807) is 0 Å². The molecular weight excluding hydrogens is 183 g/mol. The van der Waals surface area contributed by atoms with Crippen LogP contribution in [0.5, 0.6) is 0 Å². The Morgan fingerprint density at radius 3 is 2.29 bits per heavy atom. The highest BCUT2D eigenvalue weighted by Crippen LogP contribution is 2.29. The number of benzene rings is 1. The maximum absolute atomic E-state index is 12.6. The molecule has 0 unspecified atom stereocenters. The molecule has 0 amide bonds. The Labute approximate surface area is 80.7 Å². The van der Waals surface area contributed by atoms with E-state index in [0.29, 0.717) is 24.0 Å². The summed E-state index contributed by atoms with van der Waals surface area (Å²) in [5.74, 6) is -0.310. The standard InChI is InChI=1S/C11H9FO2/c12-8-3-1-7(2-4-8)11-9(13)5-6-10(11)14/h1-4,13H,5-6H2. The van der Waals surface area contributed by atoms with Gasteiger partial charge in [0.1, 0.15) is 11.6 Å². The molecule has 1 N–H and O–H groups in total. The summed E-state index contributed by atoms with van der Waals surface area (Å²) in [6, 6.07) is 5.57. The number of allylic oxidation sites excluding steroid dienone is 2. The van der Waals surface area contributed by atoms with E-state index in [0.717, 1.165) is 0 Å². The van der Waals surface area contributed by atoms with Gasteiger partial charge in [0.05, 0.1) is 5.57 Å². The van der Waals surface area contributed by atoms with E-state index in [2.05, 4.69) is 0 Å². The van der Waals surface area contributed by atoms with Crippen molar-refractivity contribution in [1.29, 1.82) is 0 Å². The van der Waals surface area contributed by atoms with Gasteiger partial charge in [-0.1, -0.05) is 12.1 Å². The topological polar surface area (TPSA) is 37.3 Å². The van der Waals surface area contributed by atoms with Crippen molar-refractivity contribution in [3.63, 3.8) is 0 Å². The summed E-state index contributed by atoms with van der Waals surface area (Å²) < 4.78 is 12.6. The van der Waals surface area contributed by atoms with E-state index in [9.17, 15) is 14.3 Å². The average molecular weight is 192 g/mol. The van der Waals surface area contributed by atoms with E-state index >= 15 is 0 Å². The molecule has 2 nitrogen and oxygen atoms in total. The number of ketones is 1. The molecule has 1 aromatic rings. The quantitative estimate of drug-likeness (QED) is 0.742. The molecule has 0 aromatic heterocycles. The third kappa shape index (κ3) is 1.41. The Balaban J connectivity index is 2.44. The summed E-state index contributed by atoms with van der Waals surface area (Å²) in [7, 11) is 0. The monoisotopic (exact) mass is 192 g/mol. The number of aliphatic hydroxyl groups excluding tert-OH is 1. The number of Topliss-reactive ketones (excluding diaryl/α,β-unsaturated/α-hetero) is 1. The molecule has 0 aliphatic heterocycles. The van der Waals surface area contributed by atoms with E-state index < -0.39 is 0 Å². The first-order chi connectivity index (χ1) is 6.68. The molecule has 1 aromatic carbocycles. The molecule has 0 saturated carbocycles. The Morgan fingerprint density at radius 1 is 1.14 bits per heavy atom. The highest BCUT2D eigenvalue weighted by Gasteiger charge is 2.23. The predicted octanol–water partition coefficient (Wildman–Crippen LogP) is 2.46. The Bertz CT molecular complexity index is 404. The molecule has 0 atom stereocenters. The zero-order chi connectivity index (χ0) is 10.1.